The molecule has 0 radical (unpaired) electrons. The zero-order chi connectivity index (χ0) is 14.0. The number of aliphatic hydroxyl groups is 4. The van der Waals surface area contributed by atoms with Gasteiger partial charge in [0, 0.05) is 11.5 Å². The second-order valence-corrected chi connectivity index (χ2v) is 7.43. The standard InChI is InChI=1S/C11H18O6S2/c12-6(5-1-2-17-10(5)16)7(13)8(14)9(15)11-18-3-4-19-11/h5-9,11-15H,1-4H2. The van der Waals surface area contributed by atoms with Crippen molar-refractivity contribution in [1.82, 2.24) is 0 Å². The third-order valence-electron chi connectivity index (χ3n) is 3.36. The summed E-state index contributed by atoms with van der Waals surface area (Å²) in [7, 11) is 0. The van der Waals surface area contributed by atoms with Crippen LogP contribution in [-0.4, -0.2) is 73.5 Å². The van der Waals surface area contributed by atoms with Gasteiger partial charge in [0.2, 0.25) is 0 Å². The zero-order valence-electron chi connectivity index (χ0n) is 10.2. The van der Waals surface area contributed by atoms with Crippen LogP contribution in [0, 0.1) is 5.92 Å². The highest BCUT2D eigenvalue weighted by Crippen LogP contribution is 2.36. The fourth-order valence-electron chi connectivity index (χ4n) is 2.20. The predicted octanol–water partition coefficient (Wildman–Crippen LogP) is -1.20. The SMILES string of the molecule is O=C1OCCC1C(O)C(O)C(O)C(O)C1SCCS1. The molecule has 2 heterocycles. The Morgan fingerprint density at radius 2 is 1.63 bits per heavy atom. The van der Waals surface area contributed by atoms with E-state index in [1.807, 2.05) is 0 Å². The summed E-state index contributed by atoms with van der Waals surface area (Å²) < 4.78 is 4.50. The lowest BCUT2D eigenvalue weighted by molar-refractivity contribution is -0.152. The van der Waals surface area contributed by atoms with Crippen molar-refractivity contribution in [2.24, 2.45) is 5.92 Å². The van der Waals surface area contributed by atoms with E-state index in [1.54, 1.807) is 0 Å². The Kier molecular flexibility index (Phi) is 5.38. The lowest BCUT2D eigenvalue weighted by atomic mass is 9.92. The van der Waals surface area contributed by atoms with Crippen molar-refractivity contribution in [2.75, 3.05) is 18.1 Å². The molecule has 5 atom stereocenters. The fourth-order valence-corrected chi connectivity index (χ4v) is 5.11. The third-order valence-corrected chi connectivity index (χ3v) is 6.53. The molecule has 110 valence electrons. The van der Waals surface area contributed by atoms with E-state index in [0.29, 0.717) is 6.42 Å². The second kappa shape index (κ2) is 6.64. The lowest BCUT2D eigenvalue weighted by Crippen LogP contribution is -2.50. The van der Waals surface area contributed by atoms with Crippen LogP contribution in [-0.2, 0) is 9.53 Å². The fraction of sp³-hybridized carbons (Fsp3) is 0.909. The highest BCUT2D eigenvalue weighted by Gasteiger charge is 2.43. The molecular formula is C11H18O6S2. The van der Waals surface area contributed by atoms with E-state index >= 15 is 0 Å². The minimum absolute atomic E-state index is 0.209. The van der Waals surface area contributed by atoms with Crippen molar-refractivity contribution >= 4 is 29.5 Å². The number of hydrogen-bond acceptors (Lipinski definition) is 8. The van der Waals surface area contributed by atoms with E-state index in [9.17, 15) is 25.2 Å². The third kappa shape index (κ3) is 3.37. The average Bonchev–Trinajstić information content (AvgIpc) is 3.06. The van der Waals surface area contributed by atoms with Crippen LogP contribution in [0.4, 0.5) is 0 Å². The summed E-state index contributed by atoms with van der Waals surface area (Å²) in [6, 6.07) is 0. The Morgan fingerprint density at radius 3 is 2.16 bits per heavy atom. The van der Waals surface area contributed by atoms with Crippen LogP contribution < -0.4 is 0 Å². The van der Waals surface area contributed by atoms with Crippen molar-refractivity contribution < 1.29 is 30.0 Å². The average molecular weight is 310 g/mol. The normalized spacial score (nSPS) is 30.9. The molecule has 0 saturated carbocycles. The number of thioether (sulfide) groups is 2. The molecule has 2 saturated heterocycles. The van der Waals surface area contributed by atoms with Gasteiger partial charge in [0.1, 0.15) is 18.3 Å². The van der Waals surface area contributed by atoms with E-state index in [1.165, 1.54) is 23.5 Å². The highest BCUT2D eigenvalue weighted by molar-refractivity contribution is 8.20. The summed E-state index contributed by atoms with van der Waals surface area (Å²) in [6.07, 6.45) is -5.29. The Labute approximate surface area is 119 Å². The Hall–Kier alpha value is 0.01000. The van der Waals surface area contributed by atoms with Gasteiger partial charge in [0.05, 0.1) is 23.2 Å². The molecule has 5 unspecified atom stereocenters. The topological polar surface area (TPSA) is 107 Å². The monoisotopic (exact) mass is 310 g/mol. The second-order valence-electron chi connectivity index (χ2n) is 4.64. The molecular weight excluding hydrogens is 292 g/mol. The van der Waals surface area contributed by atoms with Gasteiger partial charge in [-0.2, -0.15) is 0 Å². The van der Waals surface area contributed by atoms with Gasteiger partial charge in [-0.15, -0.1) is 23.5 Å². The zero-order valence-corrected chi connectivity index (χ0v) is 11.8. The summed E-state index contributed by atoms with van der Waals surface area (Å²) in [5.74, 6) is 0.359. The molecule has 0 bridgehead atoms. The molecule has 2 rings (SSSR count). The van der Waals surface area contributed by atoms with Gasteiger partial charge in [-0.1, -0.05) is 0 Å². The molecule has 2 aliphatic heterocycles. The minimum Gasteiger partial charge on any atom is -0.465 e. The summed E-state index contributed by atoms with van der Waals surface area (Å²) in [5.41, 5.74) is 0. The number of cyclic esters (lactones) is 1. The molecule has 0 aromatic heterocycles. The van der Waals surface area contributed by atoms with Crippen molar-refractivity contribution in [3.05, 3.63) is 0 Å². The Bertz CT molecular complexity index is 322. The first-order valence-electron chi connectivity index (χ1n) is 6.14. The first-order chi connectivity index (χ1) is 9.02. The number of rotatable bonds is 5. The molecule has 2 aliphatic rings. The molecule has 2 fully saturated rings. The van der Waals surface area contributed by atoms with E-state index in [4.69, 9.17) is 4.74 Å². The lowest BCUT2D eigenvalue weighted by Gasteiger charge is -2.30. The van der Waals surface area contributed by atoms with E-state index in [-0.39, 0.29) is 11.2 Å². The maximum atomic E-state index is 11.3. The van der Waals surface area contributed by atoms with E-state index < -0.39 is 36.3 Å². The summed E-state index contributed by atoms with van der Waals surface area (Å²) in [4.78, 5) is 11.3. The molecule has 0 spiro atoms. The van der Waals surface area contributed by atoms with Gasteiger partial charge < -0.3 is 25.2 Å². The number of hydrogen-bond donors (Lipinski definition) is 4. The first-order valence-corrected chi connectivity index (χ1v) is 8.24. The largest absolute Gasteiger partial charge is 0.465 e. The molecule has 6 nitrogen and oxygen atoms in total. The Balaban J connectivity index is 1.93. The van der Waals surface area contributed by atoms with Crippen molar-refractivity contribution in [1.29, 1.82) is 0 Å². The summed E-state index contributed by atoms with van der Waals surface area (Å²) >= 11 is 3.02. The maximum Gasteiger partial charge on any atom is 0.311 e. The molecule has 4 N–H and O–H groups in total. The van der Waals surface area contributed by atoms with Crippen LogP contribution >= 0.6 is 23.5 Å². The van der Waals surface area contributed by atoms with Gasteiger partial charge in [0.25, 0.3) is 0 Å². The molecule has 19 heavy (non-hydrogen) atoms. The molecule has 8 heteroatoms. The number of carbonyl (C=O) groups excluding carboxylic acids is 1. The van der Waals surface area contributed by atoms with Gasteiger partial charge >= 0.3 is 5.97 Å². The Morgan fingerprint density at radius 1 is 1.05 bits per heavy atom. The first kappa shape index (κ1) is 15.4. The highest BCUT2D eigenvalue weighted by atomic mass is 32.2. The van der Waals surface area contributed by atoms with Gasteiger partial charge in [-0.05, 0) is 6.42 Å². The van der Waals surface area contributed by atoms with E-state index in [2.05, 4.69) is 0 Å². The smallest absolute Gasteiger partial charge is 0.311 e. The van der Waals surface area contributed by atoms with Crippen LogP contribution in [0.1, 0.15) is 6.42 Å². The number of ether oxygens (including phenoxy) is 1. The molecule has 0 aliphatic carbocycles. The van der Waals surface area contributed by atoms with Gasteiger partial charge in [0.15, 0.2) is 0 Å². The number of carbonyl (C=O) groups is 1. The molecule has 0 aromatic rings. The van der Waals surface area contributed by atoms with Crippen LogP contribution in [0.2, 0.25) is 0 Å². The van der Waals surface area contributed by atoms with Crippen molar-refractivity contribution in [2.45, 2.75) is 35.4 Å². The quantitative estimate of drug-likeness (QED) is 0.469. The summed E-state index contributed by atoms with van der Waals surface area (Å²) in [6.45, 7) is 0.209. The minimum atomic E-state index is -1.56. The van der Waals surface area contributed by atoms with Gasteiger partial charge in [-0.3, -0.25) is 4.79 Å². The predicted molar refractivity (Wildman–Crippen MR) is 71.8 cm³/mol. The van der Waals surface area contributed by atoms with Crippen LogP contribution in [0.25, 0.3) is 0 Å². The number of esters is 1. The van der Waals surface area contributed by atoms with Crippen LogP contribution in [0.15, 0.2) is 0 Å². The molecule has 0 aromatic carbocycles. The van der Waals surface area contributed by atoms with Crippen molar-refractivity contribution in [3.8, 4) is 0 Å². The maximum absolute atomic E-state index is 11.3. The number of aliphatic hydroxyl groups excluding tert-OH is 4. The van der Waals surface area contributed by atoms with Gasteiger partial charge in [-0.25, -0.2) is 0 Å². The molecule has 0 amide bonds. The van der Waals surface area contributed by atoms with Crippen LogP contribution in [0.3, 0.4) is 0 Å². The summed E-state index contributed by atoms with van der Waals surface area (Å²) in [5, 5.41) is 39.7. The van der Waals surface area contributed by atoms with Crippen molar-refractivity contribution in [3.63, 3.8) is 0 Å². The van der Waals surface area contributed by atoms with Crippen LogP contribution in [0.5, 0.6) is 0 Å². The van der Waals surface area contributed by atoms with E-state index in [0.717, 1.165) is 11.5 Å².